The van der Waals surface area contributed by atoms with Gasteiger partial charge in [0.2, 0.25) is 0 Å². The molecule has 0 aliphatic carbocycles. The fraction of sp³-hybridized carbons (Fsp3) is 0.125. The first-order valence-corrected chi connectivity index (χ1v) is 8.10. The molecule has 0 spiro atoms. The Kier molecular flexibility index (Phi) is 4.68. The second-order valence-electron chi connectivity index (χ2n) is 4.61. The van der Waals surface area contributed by atoms with Crippen molar-refractivity contribution >= 4 is 23.4 Å². The normalized spacial score (nSPS) is 10.5. The van der Waals surface area contributed by atoms with E-state index in [9.17, 15) is 4.79 Å². The topological polar surface area (TPSA) is 72.7 Å². The summed E-state index contributed by atoms with van der Waals surface area (Å²) < 4.78 is 1.89. The summed E-state index contributed by atoms with van der Waals surface area (Å²) in [4.78, 5) is 24.7. The number of carbonyl (C=O) groups is 1. The number of carbonyl (C=O) groups excluding carboxylic acids is 1. The van der Waals surface area contributed by atoms with E-state index < -0.39 is 0 Å². The van der Waals surface area contributed by atoms with E-state index in [1.54, 1.807) is 18.7 Å². The van der Waals surface area contributed by atoms with Gasteiger partial charge >= 0.3 is 0 Å². The number of amides is 1. The van der Waals surface area contributed by atoms with Gasteiger partial charge in [0.1, 0.15) is 5.03 Å². The summed E-state index contributed by atoms with van der Waals surface area (Å²) in [7, 11) is 0. The number of benzene rings is 1. The van der Waals surface area contributed by atoms with Crippen LogP contribution >= 0.6 is 11.8 Å². The lowest BCUT2D eigenvalue weighted by Gasteiger charge is -2.08. The van der Waals surface area contributed by atoms with Crippen LogP contribution in [0.3, 0.4) is 0 Å². The van der Waals surface area contributed by atoms with Crippen LogP contribution in [0.15, 0.2) is 60.4 Å². The van der Waals surface area contributed by atoms with E-state index in [0.29, 0.717) is 16.4 Å². The Morgan fingerprint density at radius 3 is 2.65 bits per heavy atom. The highest BCUT2D eigenvalue weighted by Gasteiger charge is 2.14. The minimum Gasteiger partial charge on any atom is -0.321 e. The molecule has 3 rings (SSSR count). The molecular weight excluding hydrogens is 310 g/mol. The van der Waals surface area contributed by atoms with Gasteiger partial charge in [-0.15, -0.1) is 11.8 Å². The van der Waals surface area contributed by atoms with Crippen molar-refractivity contribution in [2.75, 3.05) is 11.1 Å². The molecule has 0 unspecified atom stereocenters. The van der Waals surface area contributed by atoms with Crippen LogP contribution in [0, 0.1) is 0 Å². The number of hydrogen-bond donors (Lipinski definition) is 1. The van der Waals surface area contributed by atoms with E-state index in [-0.39, 0.29) is 5.91 Å². The van der Waals surface area contributed by atoms with E-state index in [4.69, 9.17) is 0 Å². The third-order valence-electron chi connectivity index (χ3n) is 3.09. The predicted octanol–water partition coefficient (Wildman–Crippen LogP) is 3.03. The molecule has 2 aromatic heterocycles. The molecule has 7 heteroatoms. The average Bonchev–Trinajstić information content (AvgIpc) is 3.11. The molecule has 0 atom stereocenters. The molecule has 1 aromatic carbocycles. The Bertz CT molecular complexity index is 786. The quantitative estimate of drug-likeness (QED) is 0.730. The molecule has 0 aliphatic heterocycles. The zero-order valence-electron chi connectivity index (χ0n) is 12.5. The van der Waals surface area contributed by atoms with Gasteiger partial charge in [-0.1, -0.05) is 6.92 Å². The summed E-state index contributed by atoms with van der Waals surface area (Å²) in [6.45, 7) is 2.01. The monoisotopic (exact) mass is 325 g/mol. The van der Waals surface area contributed by atoms with Crippen LogP contribution in [0.2, 0.25) is 0 Å². The summed E-state index contributed by atoms with van der Waals surface area (Å²) in [6, 6.07) is 7.51. The van der Waals surface area contributed by atoms with Crippen LogP contribution in [-0.4, -0.2) is 31.2 Å². The van der Waals surface area contributed by atoms with Crippen LogP contribution in [0.1, 0.15) is 17.4 Å². The molecule has 1 N–H and O–H groups in total. The Balaban J connectivity index is 1.75. The van der Waals surface area contributed by atoms with Crippen molar-refractivity contribution in [3.8, 4) is 5.69 Å². The first-order chi connectivity index (χ1) is 11.3. The van der Waals surface area contributed by atoms with E-state index >= 15 is 0 Å². The smallest absolute Gasteiger partial charge is 0.277 e. The maximum atomic E-state index is 12.4. The third kappa shape index (κ3) is 3.57. The highest BCUT2D eigenvalue weighted by atomic mass is 32.2. The molecule has 116 valence electrons. The summed E-state index contributed by atoms with van der Waals surface area (Å²) >= 11 is 1.50. The fourth-order valence-corrected chi connectivity index (χ4v) is 2.73. The molecular formula is C16H15N5OS. The first-order valence-electron chi connectivity index (χ1n) is 7.11. The van der Waals surface area contributed by atoms with Crippen LogP contribution in [0.25, 0.3) is 5.69 Å². The maximum Gasteiger partial charge on any atom is 0.277 e. The molecule has 0 aliphatic rings. The Labute approximate surface area is 138 Å². The number of rotatable bonds is 5. The Morgan fingerprint density at radius 1 is 1.17 bits per heavy atom. The SMILES string of the molecule is CCSc1nccnc1C(=O)Nc1ccc(-n2ccnc2)cc1. The third-order valence-corrected chi connectivity index (χ3v) is 3.95. The number of nitrogens with one attached hydrogen (secondary N) is 1. The number of imidazole rings is 1. The second-order valence-corrected chi connectivity index (χ2v) is 5.87. The lowest BCUT2D eigenvalue weighted by molar-refractivity contribution is 0.101. The molecule has 0 bridgehead atoms. The molecule has 3 aromatic rings. The van der Waals surface area contributed by atoms with Gasteiger partial charge in [0, 0.05) is 36.2 Å². The minimum atomic E-state index is -0.260. The van der Waals surface area contributed by atoms with Crippen molar-refractivity contribution < 1.29 is 4.79 Å². The summed E-state index contributed by atoms with van der Waals surface area (Å²) in [5.74, 6) is 0.572. The Hall–Kier alpha value is -2.67. The van der Waals surface area contributed by atoms with E-state index in [1.165, 1.54) is 18.0 Å². The van der Waals surface area contributed by atoms with Crippen LogP contribution in [0.5, 0.6) is 0 Å². The minimum absolute atomic E-state index is 0.260. The fourth-order valence-electron chi connectivity index (χ4n) is 2.04. The van der Waals surface area contributed by atoms with Crippen LogP contribution in [0.4, 0.5) is 5.69 Å². The summed E-state index contributed by atoms with van der Waals surface area (Å²) in [5.41, 5.74) is 2.03. The number of aromatic nitrogens is 4. The van der Waals surface area contributed by atoms with Gasteiger partial charge in [0.05, 0.1) is 6.33 Å². The second kappa shape index (κ2) is 7.06. The average molecular weight is 325 g/mol. The zero-order chi connectivity index (χ0) is 16.1. The van der Waals surface area contributed by atoms with Crippen molar-refractivity contribution in [3.63, 3.8) is 0 Å². The number of anilines is 1. The van der Waals surface area contributed by atoms with E-state index in [1.807, 2.05) is 42.0 Å². The van der Waals surface area contributed by atoms with Gasteiger partial charge in [0.15, 0.2) is 5.69 Å². The van der Waals surface area contributed by atoms with Gasteiger partial charge < -0.3 is 9.88 Å². The van der Waals surface area contributed by atoms with Crippen molar-refractivity contribution in [2.45, 2.75) is 11.9 Å². The van der Waals surface area contributed by atoms with Gasteiger partial charge in [-0.25, -0.2) is 15.0 Å². The van der Waals surface area contributed by atoms with Gasteiger partial charge in [-0.3, -0.25) is 4.79 Å². The standard InChI is InChI=1S/C16H15N5OS/c1-2-23-16-14(18-7-8-19-16)15(22)20-12-3-5-13(6-4-12)21-10-9-17-11-21/h3-11H,2H2,1H3,(H,20,22). The lowest BCUT2D eigenvalue weighted by Crippen LogP contribution is -2.15. The number of nitrogens with zero attached hydrogens (tertiary/aromatic N) is 4. The summed E-state index contributed by atoms with van der Waals surface area (Å²) in [5, 5.41) is 3.49. The van der Waals surface area contributed by atoms with E-state index in [0.717, 1.165) is 11.4 Å². The van der Waals surface area contributed by atoms with Crippen LogP contribution in [-0.2, 0) is 0 Å². The maximum absolute atomic E-state index is 12.4. The molecule has 0 saturated heterocycles. The molecule has 0 radical (unpaired) electrons. The van der Waals surface area contributed by atoms with Crippen molar-refractivity contribution in [1.82, 2.24) is 19.5 Å². The molecule has 1 amide bonds. The molecule has 0 fully saturated rings. The van der Waals surface area contributed by atoms with Gasteiger partial charge in [-0.2, -0.15) is 0 Å². The van der Waals surface area contributed by atoms with Gasteiger partial charge in [-0.05, 0) is 30.0 Å². The Morgan fingerprint density at radius 2 is 1.96 bits per heavy atom. The van der Waals surface area contributed by atoms with E-state index in [2.05, 4.69) is 20.3 Å². The molecule has 6 nitrogen and oxygen atoms in total. The zero-order valence-corrected chi connectivity index (χ0v) is 13.3. The van der Waals surface area contributed by atoms with Crippen molar-refractivity contribution in [2.24, 2.45) is 0 Å². The molecule has 2 heterocycles. The predicted molar refractivity (Wildman–Crippen MR) is 89.9 cm³/mol. The highest BCUT2D eigenvalue weighted by molar-refractivity contribution is 7.99. The van der Waals surface area contributed by atoms with Crippen molar-refractivity contribution in [1.29, 1.82) is 0 Å². The molecule has 0 saturated carbocycles. The summed E-state index contributed by atoms with van der Waals surface area (Å²) in [6.07, 6.45) is 8.42. The molecule has 23 heavy (non-hydrogen) atoms. The van der Waals surface area contributed by atoms with Gasteiger partial charge in [0.25, 0.3) is 5.91 Å². The lowest BCUT2D eigenvalue weighted by atomic mass is 10.2. The first kappa shape index (κ1) is 15.2. The highest BCUT2D eigenvalue weighted by Crippen LogP contribution is 2.19. The van der Waals surface area contributed by atoms with Crippen LogP contribution < -0.4 is 5.32 Å². The number of thioether (sulfide) groups is 1. The largest absolute Gasteiger partial charge is 0.321 e. The number of hydrogen-bond acceptors (Lipinski definition) is 5. The van der Waals surface area contributed by atoms with Crippen molar-refractivity contribution in [3.05, 3.63) is 61.1 Å².